The van der Waals surface area contributed by atoms with Crippen molar-refractivity contribution in [3.63, 3.8) is 0 Å². The van der Waals surface area contributed by atoms with Gasteiger partial charge in [-0.1, -0.05) is 12.1 Å². The van der Waals surface area contributed by atoms with Gasteiger partial charge in [0.05, 0.1) is 29.3 Å². The number of aromatic nitrogens is 2. The van der Waals surface area contributed by atoms with Crippen LogP contribution in [0.15, 0.2) is 48.7 Å². The van der Waals surface area contributed by atoms with Crippen LogP contribution < -0.4 is 21.3 Å². The number of fused-ring (bicyclic) bond motifs is 2. The lowest BCUT2D eigenvalue weighted by molar-refractivity contribution is -0.121. The van der Waals surface area contributed by atoms with Gasteiger partial charge in [-0.25, -0.2) is 14.8 Å². The summed E-state index contributed by atoms with van der Waals surface area (Å²) in [7, 11) is 0. The molecular formula is C24H21N7O2. The predicted molar refractivity (Wildman–Crippen MR) is 124 cm³/mol. The standard InChI is InChI=1S/C24H21N7O2/c1-14-5-6-18(29-23(33)28-17-4-2-3-15(9-17)11-25)10-19(14)31-13-16-12-27-22(26)30-20(16)24(7-8-24)21(31)32/h2-6,9-10,12H,7-8,13H2,1H3,(H2,26,27,30)(H2,28,29,33). The van der Waals surface area contributed by atoms with E-state index < -0.39 is 11.4 Å². The summed E-state index contributed by atoms with van der Waals surface area (Å²) in [5.41, 5.74) is 9.90. The van der Waals surface area contributed by atoms with Crippen molar-refractivity contribution in [2.24, 2.45) is 0 Å². The highest BCUT2D eigenvalue weighted by molar-refractivity contribution is 6.06. The van der Waals surface area contributed by atoms with Crippen LogP contribution in [0.2, 0.25) is 0 Å². The lowest BCUT2D eigenvalue weighted by Gasteiger charge is -2.34. The van der Waals surface area contributed by atoms with Gasteiger partial charge in [0.1, 0.15) is 0 Å². The van der Waals surface area contributed by atoms with E-state index in [1.165, 1.54) is 0 Å². The zero-order chi connectivity index (χ0) is 23.2. The first-order valence-corrected chi connectivity index (χ1v) is 10.5. The molecule has 2 aliphatic rings. The number of hydrogen-bond donors (Lipinski definition) is 3. The van der Waals surface area contributed by atoms with Gasteiger partial charge in [-0.05, 0) is 55.7 Å². The molecule has 9 nitrogen and oxygen atoms in total. The van der Waals surface area contributed by atoms with Crippen molar-refractivity contribution in [2.75, 3.05) is 21.3 Å². The fourth-order valence-electron chi connectivity index (χ4n) is 4.26. The zero-order valence-electron chi connectivity index (χ0n) is 17.9. The van der Waals surface area contributed by atoms with Gasteiger partial charge in [-0.3, -0.25) is 4.79 Å². The second-order valence-electron chi connectivity index (χ2n) is 8.35. The third kappa shape index (κ3) is 3.61. The van der Waals surface area contributed by atoms with Crippen molar-refractivity contribution in [1.82, 2.24) is 9.97 Å². The fraction of sp³-hybridized carbons (Fsp3) is 0.208. The molecule has 3 aromatic rings. The Balaban J connectivity index is 1.40. The topological polar surface area (TPSA) is 137 Å². The van der Waals surface area contributed by atoms with E-state index >= 15 is 0 Å². The van der Waals surface area contributed by atoms with Crippen molar-refractivity contribution in [2.45, 2.75) is 31.7 Å². The van der Waals surface area contributed by atoms with Crippen LogP contribution in [0.1, 0.15) is 35.2 Å². The van der Waals surface area contributed by atoms with Gasteiger partial charge in [0, 0.05) is 28.8 Å². The van der Waals surface area contributed by atoms with Crippen LogP contribution in [-0.4, -0.2) is 21.9 Å². The van der Waals surface area contributed by atoms with E-state index in [0.29, 0.717) is 23.5 Å². The average molecular weight is 439 g/mol. The highest BCUT2D eigenvalue weighted by atomic mass is 16.2. The van der Waals surface area contributed by atoms with E-state index in [9.17, 15) is 9.59 Å². The van der Waals surface area contributed by atoms with Gasteiger partial charge in [-0.2, -0.15) is 5.26 Å². The van der Waals surface area contributed by atoms with Gasteiger partial charge in [0.2, 0.25) is 11.9 Å². The molecule has 4 N–H and O–H groups in total. The Kier molecular flexibility index (Phi) is 4.71. The summed E-state index contributed by atoms with van der Waals surface area (Å²) in [5, 5.41) is 14.5. The van der Waals surface area contributed by atoms with E-state index in [0.717, 1.165) is 35.3 Å². The Morgan fingerprint density at radius 1 is 1.18 bits per heavy atom. The van der Waals surface area contributed by atoms with Gasteiger partial charge in [-0.15, -0.1) is 0 Å². The Hall–Kier alpha value is -4.45. The summed E-state index contributed by atoms with van der Waals surface area (Å²) in [4.78, 5) is 36.2. The summed E-state index contributed by atoms with van der Waals surface area (Å²) in [6, 6.07) is 13.7. The summed E-state index contributed by atoms with van der Waals surface area (Å²) in [6.45, 7) is 2.27. The third-order valence-electron chi connectivity index (χ3n) is 6.08. The monoisotopic (exact) mass is 439 g/mol. The molecule has 3 amide bonds. The van der Waals surface area contributed by atoms with E-state index in [2.05, 4.69) is 20.6 Å². The van der Waals surface area contributed by atoms with Gasteiger partial charge in [0.15, 0.2) is 0 Å². The zero-order valence-corrected chi connectivity index (χ0v) is 17.9. The first-order valence-electron chi connectivity index (χ1n) is 10.5. The second kappa shape index (κ2) is 7.60. The van der Waals surface area contributed by atoms with Gasteiger partial charge < -0.3 is 21.3 Å². The molecule has 0 saturated heterocycles. The predicted octanol–water partition coefficient (Wildman–Crippen LogP) is 3.46. The van der Waals surface area contributed by atoms with Crippen LogP contribution in [0.4, 0.5) is 27.8 Å². The van der Waals surface area contributed by atoms with E-state index in [1.807, 2.05) is 19.1 Å². The van der Waals surface area contributed by atoms with E-state index in [4.69, 9.17) is 11.0 Å². The molecule has 0 atom stereocenters. The SMILES string of the molecule is Cc1ccc(NC(=O)Nc2cccc(C#N)c2)cc1N1Cc2cnc(N)nc2C2(CC2)C1=O. The number of nitrogens with two attached hydrogens (primary N) is 1. The number of amides is 3. The summed E-state index contributed by atoms with van der Waals surface area (Å²) in [6.07, 6.45) is 3.15. The van der Waals surface area contributed by atoms with Crippen LogP contribution in [0.3, 0.4) is 0 Å². The second-order valence-corrected chi connectivity index (χ2v) is 8.35. The first-order chi connectivity index (χ1) is 15.9. The largest absolute Gasteiger partial charge is 0.368 e. The molecule has 1 saturated carbocycles. The maximum atomic E-state index is 13.5. The number of carbonyl (C=O) groups is 2. The van der Waals surface area contributed by atoms with Crippen molar-refractivity contribution in [1.29, 1.82) is 5.26 Å². The highest BCUT2D eigenvalue weighted by Crippen LogP contribution is 2.53. The van der Waals surface area contributed by atoms with Crippen molar-refractivity contribution in [3.05, 3.63) is 71.0 Å². The molecule has 1 fully saturated rings. The van der Waals surface area contributed by atoms with Crippen molar-refractivity contribution < 1.29 is 9.59 Å². The number of nitrogen functional groups attached to an aromatic ring is 1. The minimum Gasteiger partial charge on any atom is -0.368 e. The maximum absolute atomic E-state index is 13.5. The molecule has 2 heterocycles. The number of rotatable bonds is 3. The Bertz CT molecular complexity index is 1340. The molecule has 1 spiro atoms. The number of benzene rings is 2. The molecule has 0 unspecified atom stereocenters. The molecule has 1 aliphatic carbocycles. The number of urea groups is 1. The van der Waals surface area contributed by atoms with Crippen LogP contribution in [0.25, 0.3) is 0 Å². The molecule has 164 valence electrons. The number of anilines is 4. The molecule has 2 aromatic carbocycles. The number of nitrogens with one attached hydrogen (secondary N) is 2. The Labute approximate surface area is 190 Å². The van der Waals surface area contributed by atoms with Crippen LogP contribution in [0, 0.1) is 18.3 Å². The smallest absolute Gasteiger partial charge is 0.323 e. The molecule has 0 bridgehead atoms. The average Bonchev–Trinajstić information content (AvgIpc) is 3.60. The molecule has 1 aromatic heterocycles. The summed E-state index contributed by atoms with van der Waals surface area (Å²) in [5.74, 6) is 0.168. The number of carbonyl (C=O) groups excluding carboxylic acids is 2. The molecule has 5 rings (SSSR count). The number of aryl methyl sites for hydroxylation is 1. The lowest BCUT2D eigenvalue weighted by atomic mass is 9.91. The van der Waals surface area contributed by atoms with Crippen molar-refractivity contribution >= 4 is 34.9 Å². The van der Waals surface area contributed by atoms with Crippen LogP contribution in [0.5, 0.6) is 0 Å². The number of nitriles is 1. The molecule has 1 aliphatic heterocycles. The maximum Gasteiger partial charge on any atom is 0.323 e. The third-order valence-corrected chi connectivity index (χ3v) is 6.08. The van der Waals surface area contributed by atoms with Crippen molar-refractivity contribution in [3.8, 4) is 6.07 Å². The molecule has 9 heteroatoms. The van der Waals surface area contributed by atoms with E-state index in [-0.39, 0.29) is 11.9 Å². The molecule has 33 heavy (non-hydrogen) atoms. The minimum atomic E-state index is -0.635. The quantitative estimate of drug-likeness (QED) is 0.571. The fourth-order valence-corrected chi connectivity index (χ4v) is 4.26. The Morgan fingerprint density at radius 3 is 2.67 bits per heavy atom. The van der Waals surface area contributed by atoms with Crippen LogP contribution in [-0.2, 0) is 16.8 Å². The minimum absolute atomic E-state index is 0.00822. The normalized spacial score (nSPS) is 15.5. The van der Waals surface area contributed by atoms with Gasteiger partial charge >= 0.3 is 6.03 Å². The lowest BCUT2D eigenvalue weighted by Crippen LogP contribution is -2.45. The number of hydrogen-bond acceptors (Lipinski definition) is 6. The summed E-state index contributed by atoms with van der Waals surface area (Å²) >= 11 is 0. The first kappa shape index (κ1) is 20.5. The number of nitrogens with zero attached hydrogens (tertiary/aromatic N) is 4. The van der Waals surface area contributed by atoms with E-state index in [1.54, 1.807) is 47.5 Å². The highest BCUT2D eigenvalue weighted by Gasteiger charge is 2.58. The molecular weight excluding hydrogens is 418 g/mol. The Morgan fingerprint density at radius 2 is 1.94 bits per heavy atom. The summed E-state index contributed by atoms with van der Waals surface area (Å²) < 4.78 is 0. The van der Waals surface area contributed by atoms with Crippen LogP contribution >= 0.6 is 0 Å². The van der Waals surface area contributed by atoms with Gasteiger partial charge in [0.25, 0.3) is 0 Å². The molecule has 0 radical (unpaired) electrons.